The number of anilines is 1. The molecule has 0 amide bonds. The van der Waals surface area contributed by atoms with E-state index in [1.165, 1.54) is 11.6 Å². The van der Waals surface area contributed by atoms with Crippen molar-refractivity contribution in [3.63, 3.8) is 0 Å². The normalized spacial score (nSPS) is 13.0. The molecule has 0 aliphatic carbocycles. The first-order valence-electron chi connectivity index (χ1n) is 8.64. The van der Waals surface area contributed by atoms with E-state index in [2.05, 4.69) is 39.7 Å². The maximum atomic E-state index is 13.1. The first kappa shape index (κ1) is 18.4. The van der Waals surface area contributed by atoms with Gasteiger partial charge in [-0.2, -0.15) is 17.7 Å². The number of nitrogens with zero attached hydrogens (tertiary/aromatic N) is 4. The Hall–Kier alpha value is -2.94. The molecule has 0 saturated carbocycles. The Morgan fingerprint density at radius 3 is 2.50 bits per heavy atom. The van der Waals surface area contributed by atoms with Crippen LogP contribution in [-0.4, -0.2) is 19.8 Å². The summed E-state index contributed by atoms with van der Waals surface area (Å²) < 4.78 is 40.1. The van der Waals surface area contributed by atoms with E-state index in [0.717, 1.165) is 16.9 Å². The van der Waals surface area contributed by atoms with Gasteiger partial charge in [0, 0.05) is 4.88 Å². The Kier molecular flexibility index (Phi) is 4.76. The van der Waals surface area contributed by atoms with Gasteiger partial charge in [-0.1, -0.05) is 37.3 Å². The third-order valence-electron chi connectivity index (χ3n) is 4.36. The van der Waals surface area contributed by atoms with Gasteiger partial charge in [-0.05, 0) is 41.1 Å². The zero-order valence-electron chi connectivity index (χ0n) is 14.8. The molecule has 0 fully saturated rings. The van der Waals surface area contributed by atoms with Crippen molar-refractivity contribution in [2.45, 2.75) is 25.6 Å². The molecule has 3 heterocycles. The van der Waals surface area contributed by atoms with Crippen LogP contribution in [0.1, 0.15) is 34.8 Å². The molecule has 28 heavy (non-hydrogen) atoms. The monoisotopic (exact) mass is 403 g/mol. The molecular weight excluding hydrogens is 387 g/mol. The molecule has 0 aliphatic heterocycles. The Morgan fingerprint density at radius 2 is 1.86 bits per heavy atom. The van der Waals surface area contributed by atoms with Crippen molar-refractivity contribution < 1.29 is 13.2 Å². The molecule has 0 saturated heterocycles. The smallest absolute Gasteiger partial charge is 0.357 e. The highest BCUT2D eigenvalue weighted by molar-refractivity contribution is 7.10. The number of alkyl halides is 3. The van der Waals surface area contributed by atoms with Gasteiger partial charge in [-0.25, -0.2) is 0 Å². The van der Waals surface area contributed by atoms with Crippen molar-refractivity contribution in [2.24, 2.45) is 0 Å². The molecule has 1 aromatic carbocycles. The van der Waals surface area contributed by atoms with Crippen molar-refractivity contribution in [3.05, 3.63) is 75.7 Å². The van der Waals surface area contributed by atoms with E-state index in [0.29, 0.717) is 10.3 Å². The van der Waals surface area contributed by atoms with Crippen LogP contribution in [0.2, 0.25) is 0 Å². The zero-order valence-corrected chi connectivity index (χ0v) is 15.6. The molecule has 144 valence electrons. The summed E-state index contributed by atoms with van der Waals surface area (Å²) in [5.41, 5.74) is 2.26. The van der Waals surface area contributed by atoms with Crippen molar-refractivity contribution >= 4 is 22.8 Å². The van der Waals surface area contributed by atoms with Gasteiger partial charge in [-0.15, -0.1) is 26.6 Å². The van der Waals surface area contributed by atoms with E-state index in [4.69, 9.17) is 0 Å². The minimum absolute atomic E-state index is 0.0397. The molecule has 0 bridgehead atoms. The molecule has 4 aromatic rings. The lowest BCUT2D eigenvalue weighted by atomic mass is 10.0. The lowest BCUT2D eigenvalue weighted by Crippen LogP contribution is -2.16. The quantitative estimate of drug-likeness (QED) is 0.511. The predicted molar refractivity (Wildman–Crippen MR) is 101 cm³/mol. The highest BCUT2D eigenvalue weighted by Crippen LogP contribution is 2.31. The fourth-order valence-electron chi connectivity index (χ4n) is 2.91. The molecule has 0 radical (unpaired) electrons. The second kappa shape index (κ2) is 7.23. The molecule has 0 aliphatic rings. The summed E-state index contributed by atoms with van der Waals surface area (Å²) in [6, 6.07) is 14.9. The van der Waals surface area contributed by atoms with Crippen LogP contribution in [0.15, 0.2) is 53.9 Å². The van der Waals surface area contributed by atoms with Gasteiger partial charge in [0.05, 0.1) is 6.04 Å². The van der Waals surface area contributed by atoms with Crippen LogP contribution in [0.3, 0.4) is 0 Å². The minimum Gasteiger partial charge on any atom is -0.357 e. The Bertz CT molecular complexity index is 1070. The fourth-order valence-corrected chi connectivity index (χ4v) is 3.71. The van der Waals surface area contributed by atoms with Crippen molar-refractivity contribution in [3.8, 4) is 0 Å². The summed E-state index contributed by atoms with van der Waals surface area (Å²) in [6.07, 6.45) is -3.70. The van der Waals surface area contributed by atoms with Crippen molar-refractivity contribution in [1.82, 2.24) is 19.8 Å². The van der Waals surface area contributed by atoms with E-state index in [-0.39, 0.29) is 11.7 Å². The molecule has 1 N–H and O–H groups in total. The first-order chi connectivity index (χ1) is 13.5. The number of halogens is 3. The van der Waals surface area contributed by atoms with E-state index in [1.807, 2.05) is 29.6 Å². The highest BCUT2D eigenvalue weighted by atomic mass is 32.1. The predicted octanol–water partition coefficient (Wildman–Crippen LogP) is 4.97. The molecule has 4 rings (SSSR count). The number of hydrogen-bond acceptors (Lipinski definition) is 5. The van der Waals surface area contributed by atoms with E-state index in [1.54, 1.807) is 17.4 Å². The van der Waals surface area contributed by atoms with E-state index >= 15 is 0 Å². The molecule has 0 spiro atoms. The number of aromatic nitrogens is 4. The number of hydrogen-bond donors (Lipinski definition) is 1. The SMILES string of the molecule is CCc1ccc([C@@H](Nc2ccc3nnc(C(F)(F)F)n3n2)c2cccs2)cc1. The average Bonchev–Trinajstić information content (AvgIpc) is 3.35. The fraction of sp³-hybridized carbons (Fsp3) is 0.211. The topological polar surface area (TPSA) is 55.1 Å². The summed E-state index contributed by atoms with van der Waals surface area (Å²) in [6.45, 7) is 2.08. The summed E-state index contributed by atoms with van der Waals surface area (Å²) in [7, 11) is 0. The number of benzene rings is 1. The second-order valence-electron chi connectivity index (χ2n) is 6.20. The first-order valence-corrected chi connectivity index (χ1v) is 9.52. The maximum Gasteiger partial charge on any atom is 0.453 e. The van der Waals surface area contributed by atoms with Crippen LogP contribution in [0.4, 0.5) is 19.0 Å². The second-order valence-corrected chi connectivity index (χ2v) is 7.18. The van der Waals surface area contributed by atoms with Crippen LogP contribution in [-0.2, 0) is 12.6 Å². The van der Waals surface area contributed by atoms with Gasteiger partial charge in [0.15, 0.2) is 5.65 Å². The number of fused-ring (bicyclic) bond motifs is 1. The van der Waals surface area contributed by atoms with E-state index < -0.39 is 12.0 Å². The molecule has 9 heteroatoms. The van der Waals surface area contributed by atoms with Crippen LogP contribution in [0.25, 0.3) is 5.65 Å². The van der Waals surface area contributed by atoms with Crippen molar-refractivity contribution in [1.29, 1.82) is 0 Å². The minimum atomic E-state index is -4.63. The van der Waals surface area contributed by atoms with Gasteiger partial charge in [0.1, 0.15) is 5.82 Å². The van der Waals surface area contributed by atoms with Crippen LogP contribution in [0.5, 0.6) is 0 Å². The third-order valence-corrected chi connectivity index (χ3v) is 5.29. The zero-order chi connectivity index (χ0) is 19.7. The molecular formula is C19H16F3N5S. The summed E-state index contributed by atoms with van der Waals surface area (Å²) >= 11 is 1.57. The lowest BCUT2D eigenvalue weighted by Gasteiger charge is -2.19. The standard InChI is InChI=1S/C19H16F3N5S/c1-2-12-5-7-13(8-6-12)17(14-4-3-11-28-14)23-15-9-10-16-24-25-18(19(20,21)22)27(16)26-15/h3-11,17H,2H2,1H3,(H,23,26)/t17-/m1/s1. The number of aryl methyl sites for hydroxylation is 1. The number of thiophene rings is 1. The van der Waals surface area contributed by atoms with Crippen LogP contribution in [0, 0.1) is 0 Å². The van der Waals surface area contributed by atoms with Crippen LogP contribution >= 0.6 is 11.3 Å². The van der Waals surface area contributed by atoms with Gasteiger partial charge in [0.2, 0.25) is 0 Å². The molecule has 3 aromatic heterocycles. The van der Waals surface area contributed by atoms with Gasteiger partial charge in [-0.3, -0.25) is 0 Å². The van der Waals surface area contributed by atoms with Gasteiger partial charge >= 0.3 is 6.18 Å². The number of rotatable bonds is 5. The summed E-state index contributed by atoms with van der Waals surface area (Å²) in [5, 5.41) is 16.0. The maximum absolute atomic E-state index is 13.1. The van der Waals surface area contributed by atoms with Gasteiger partial charge < -0.3 is 5.32 Å². The highest BCUT2D eigenvalue weighted by Gasteiger charge is 2.37. The Labute approximate surface area is 162 Å². The summed E-state index contributed by atoms with van der Waals surface area (Å²) in [4.78, 5) is 1.03. The largest absolute Gasteiger partial charge is 0.453 e. The van der Waals surface area contributed by atoms with Crippen LogP contribution < -0.4 is 5.32 Å². The number of nitrogens with one attached hydrogen (secondary N) is 1. The lowest BCUT2D eigenvalue weighted by molar-refractivity contribution is -0.146. The summed E-state index contributed by atoms with van der Waals surface area (Å²) in [5.74, 6) is -0.845. The molecule has 1 atom stereocenters. The van der Waals surface area contributed by atoms with Gasteiger partial charge in [0.25, 0.3) is 5.82 Å². The molecule has 5 nitrogen and oxygen atoms in total. The molecule has 0 unspecified atom stereocenters. The van der Waals surface area contributed by atoms with Crippen molar-refractivity contribution in [2.75, 3.05) is 5.32 Å². The average molecular weight is 403 g/mol. The van der Waals surface area contributed by atoms with E-state index in [9.17, 15) is 13.2 Å². The Morgan fingerprint density at radius 1 is 1.07 bits per heavy atom. The Balaban J connectivity index is 1.72. The third kappa shape index (κ3) is 3.57.